The van der Waals surface area contributed by atoms with Gasteiger partial charge in [-0.25, -0.2) is 0 Å². The Balaban J connectivity index is 1.72. The number of likely N-dealkylation sites (tertiary alicyclic amines) is 1. The van der Waals surface area contributed by atoms with Crippen molar-refractivity contribution in [3.63, 3.8) is 0 Å². The molecule has 14 heavy (non-hydrogen) atoms. The van der Waals surface area contributed by atoms with Crippen LogP contribution in [-0.4, -0.2) is 41.6 Å². The number of nitrogens with zero attached hydrogens (tertiary/aromatic N) is 1. The minimum Gasteiger partial charge on any atom is -0.325 e. The molecule has 0 aromatic carbocycles. The van der Waals surface area contributed by atoms with E-state index in [4.69, 9.17) is 5.73 Å². The van der Waals surface area contributed by atoms with Gasteiger partial charge in [0.2, 0.25) is 0 Å². The highest BCUT2D eigenvalue weighted by Gasteiger charge is 2.28. The van der Waals surface area contributed by atoms with Crippen LogP contribution in [0.2, 0.25) is 0 Å². The lowest BCUT2D eigenvalue weighted by atomic mass is 9.90. The van der Waals surface area contributed by atoms with Gasteiger partial charge < -0.3 is 10.6 Å². The van der Waals surface area contributed by atoms with Crippen molar-refractivity contribution in [1.82, 2.24) is 4.90 Å². The Morgan fingerprint density at radius 2 is 1.79 bits per heavy atom. The first kappa shape index (κ1) is 10.8. The second-order valence-corrected chi connectivity index (χ2v) is 6.00. The molecule has 0 spiro atoms. The molecule has 0 radical (unpaired) electrons. The molecule has 2 rings (SSSR count). The van der Waals surface area contributed by atoms with Crippen molar-refractivity contribution >= 4 is 11.8 Å². The summed E-state index contributed by atoms with van der Waals surface area (Å²) >= 11 is 2.06. The molecular formula is C11H22N2S. The third kappa shape index (κ3) is 2.88. The SMILES string of the molecule is NC1(CCN2CCCC2)CCSCC1. The summed E-state index contributed by atoms with van der Waals surface area (Å²) in [4.78, 5) is 2.58. The van der Waals surface area contributed by atoms with E-state index in [0.717, 1.165) is 0 Å². The molecule has 0 amide bonds. The zero-order valence-electron chi connectivity index (χ0n) is 9.00. The van der Waals surface area contributed by atoms with Crippen LogP contribution in [-0.2, 0) is 0 Å². The lowest BCUT2D eigenvalue weighted by Gasteiger charge is -2.34. The molecule has 2 N–H and O–H groups in total. The highest BCUT2D eigenvalue weighted by atomic mass is 32.2. The Bertz CT molecular complexity index is 172. The molecule has 3 heteroatoms. The fourth-order valence-corrected chi connectivity index (χ4v) is 3.72. The Hall–Kier alpha value is 0.270. The van der Waals surface area contributed by atoms with Crippen LogP contribution >= 0.6 is 11.8 Å². The van der Waals surface area contributed by atoms with E-state index < -0.39 is 0 Å². The van der Waals surface area contributed by atoms with Gasteiger partial charge in [0.1, 0.15) is 0 Å². The molecule has 2 fully saturated rings. The van der Waals surface area contributed by atoms with Crippen LogP contribution in [0.5, 0.6) is 0 Å². The second kappa shape index (κ2) is 4.86. The Kier molecular flexibility index (Phi) is 3.74. The fraction of sp³-hybridized carbons (Fsp3) is 1.00. The van der Waals surface area contributed by atoms with Crippen molar-refractivity contribution in [2.75, 3.05) is 31.1 Å². The molecule has 2 aliphatic rings. The highest BCUT2D eigenvalue weighted by Crippen LogP contribution is 2.28. The highest BCUT2D eigenvalue weighted by molar-refractivity contribution is 7.99. The van der Waals surface area contributed by atoms with E-state index in [1.165, 1.54) is 63.2 Å². The van der Waals surface area contributed by atoms with Crippen molar-refractivity contribution in [2.45, 2.75) is 37.6 Å². The van der Waals surface area contributed by atoms with Gasteiger partial charge in [-0.05, 0) is 63.2 Å². The van der Waals surface area contributed by atoms with E-state index in [2.05, 4.69) is 16.7 Å². The van der Waals surface area contributed by atoms with Crippen molar-refractivity contribution < 1.29 is 0 Å². The summed E-state index contributed by atoms with van der Waals surface area (Å²) in [5.74, 6) is 2.55. The largest absolute Gasteiger partial charge is 0.325 e. The number of rotatable bonds is 3. The average Bonchev–Trinajstić information content (AvgIpc) is 2.69. The van der Waals surface area contributed by atoms with Crippen LogP contribution in [0.1, 0.15) is 32.1 Å². The van der Waals surface area contributed by atoms with Gasteiger partial charge in [0.15, 0.2) is 0 Å². The Morgan fingerprint density at radius 3 is 2.43 bits per heavy atom. The third-order valence-corrected chi connectivity index (χ3v) is 4.60. The first-order valence-corrected chi connectivity index (χ1v) is 7.03. The average molecular weight is 214 g/mol. The van der Waals surface area contributed by atoms with Gasteiger partial charge in [-0.3, -0.25) is 0 Å². The zero-order chi connectivity index (χ0) is 9.86. The Morgan fingerprint density at radius 1 is 1.14 bits per heavy atom. The molecule has 0 aromatic rings. The number of thioether (sulfide) groups is 1. The molecule has 0 atom stereocenters. The summed E-state index contributed by atoms with van der Waals surface area (Å²) in [5, 5.41) is 0. The monoisotopic (exact) mass is 214 g/mol. The first-order chi connectivity index (χ1) is 6.79. The number of hydrogen-bond acceptors (Lipinski definition) is 3. The zero-order valence-corrected chi connectivity index (χ0v) is 9.82. The van der Waals surface area contributed by atoms with Crippen molar-refractivity contribution in [1.29, 1.82) is 0 Å². The van der Waals surface area contributed by atoms with Crippen molar-refractivity contribution in [3.05, 3.63) is 0 Å². The van der Waals surface area contributed by atoms with Gasteiger partial charge in [0.25, 0.3) is 0 Å². The van der Waals surface area contributed by atoms with E-state index in [1.54, 1.807) is 0 Å². The van der Waals surface area contributed by atoms with Crippen molar-refractivity contribution in [3.8, 4) is 0 Å². The maximum Gasteiger partial charge on any atom is 0.0182 e. The summed E-state index contributed by atoms with van der Waals surface area (Å²) in [7, 11) is 0. The predicted molar refractivity (Wildman–Crippen MR) is 63.8 cm³/mol. The van der Waals surface area contributed by atoms with Gasteiger partial charge in [-0.2, -0.15) is 11.8 Å². The molecule has 0 saturated carbocycles. The summed E-state index contributed by atoms with van der Waals surface area (Å²) in [5.41, 5.74) is 6.57. The summed E-state index contributed by atoms with van der Waals surface area (Å²) < 4.78 is 0. The van der Waals surface area contributed by atoms with Gasteiger partial charge in [0, 0.05) is 5.54 Å². The summed E-state index contributed by atoms with van der Waals surface area (Å²) in [6, 6.07) is 0. The molecule has 2 saturated heterocycles. The van der Waals surface area contributed by atoms with E-state index >= 15 is 0 Å². The maximum atomic E-state index is 6.40. The van der Waals surface area contributed by atoms with Gasteiger partial charge in [-0.15, -0.1) is 0 Å². The van der Waals surface area contributed by atoms with Crippen molar-refractivity contribution in [2.24, 2.45) is 5.73 Å². The lowest BCUT2D eigenvalue weighted by molar-refractivity contribution is 0.268. The quantitative estimate of drug-likeness (QED) is 0.775. The molecule has 2 heterocycles. The third-order valence-electron chi connectivity index (χ3n) is 3.61. The van der Waals surface area contributed by atoms with Crippen LogP contribution in [0, 0.1) is 0 Å². The minimum absolute atomic E-state index is 0.174. The van der Waals surface area contributed by atoms with E-state index in [9.17, 15) is 0 Å². The van der Waals surface area contributed by atoms with E-state index in [1.807, 2.05) is 0 Å². The topological polar surface area (TPSA) is 29.3 Å². The number of hydrogen-bond donors (Lipinski definition) is 1. The van der Waals surface area contributed by atoms with Gasteiger partial charge in [-0.1, -0.05) is 0 Å². The van der Waals surface area contributed by atoms with Gasteiger partial charge >= 0.3 is 0 Å². The van der Waals surface area contributed by atoms with Crippen LogP contribution in [0.15, 0.2) is 0 Å². The molecule has 0 aliphatic carbocycles. The Labute approximate surface area is 91.6 Å². The second-order valence-electron chi connectivity index (χ2n) is 4.77. The smallest absolute Gasteiger partial charge is 0.0182 e. The molecule has 0 unspecified atom stereocenters. The molecular weight excluding hydrogens is 192 g/mol. The minimum atomic E-state index is 0.174. The predicted octanol–water partition coefficient (Wildman–Crippen LogP) is 1.70. The standard InChI is InChI=1S/C11H22N2S/c12-11(4-9-14-10-5-11)3-8-13-6-1-2-7-13/h1-10,12H2. The molecule has 2 nitrogen and oxygen atoms in total. The fourth-order valence-electron chi connectivity index (χ4n) is 2.41. The molecule has 82 valence electrons. The maximum absolute atomic E-state index is 6.40. The van der Waals surface area contributed by atoms with E-state index in [-0.39, 0.29) is 5.54 Å². The van der Waals surface area contributed by atoms with E-state index in [0.29, 0.717) is 0 Å². The van der Waals surface area contributed by atoms with Crippen LogP contribution in [0.3, 0.4) is 0 Å². The lowest BCUT2D eigenvalue weighted by Crippen LogP contribution is -2.45. The molecule has 0 bridgehead atoms. The van der Waals surface area contributed by atoms with Gasteiger partial charge in [0.05, 0.1) is 0 Å². The summed E-state index contributed by atoms with van der Waals surface area (Å²) in [6.45, 7) is 3.86. The molecule has 2 aliphatic heterocycles. The normalized spacial score (nSPS) is 28.1. The first-order valence-electron chi connectivity index (χ1n) is 5.88. The van der Waals surface area contributed by atoms with Crippen LogP contribution in [0.25, 0.3) is 0 Å². The molecule has 0 aromatic heterocycles. The number of nitrogens with two attached hydrogens (primary N) is 1. The van der Waals surface area contributed by atoms with Crippen LogP contribution in [0.4, 0.5) is 0 Å². The summed E-state index contributed by atoms with van der Waals surface area (Å²) in [6.07, 6.45) is 6.46. The van der Waals surface area contributed by atoms with Crippen LogP contribution < -0.4 is 5.73 Å².